The summed E-state index contributed by atoms with van der Waals surface area (Å²) in [4.78, 5) is 11.9. The summed E-state index contributed by atoms with van der Waals surface area (Å²) < 4.78 is 10.6. The van der Waals surface area contributed by atoms with E-state index < -0.39 is 6.10 Å². The molecule has 0 unspecified atom stereocenters. The fraction of sp³-hybridized carbons (Fsp3) is 0.500. The van der Waals surface area contributed by atoms with Crippen molar-refractivity contribution in [2.24, 2.45) is 11.8 Å². The molecule has 0 aliphatic carbocycles. The summed E-state index contributed by atoms with van der Waals surface area (Å²) in [5.74, 6) is 0.266. The number of ether oxygens (including phenoxy) is 2. The molecule has 116 valence electrons. The average Bonchev–Trinajstić information content (AvgIpc) is 2.47. The summed E-state index contributed by atoms with van der Waals surface area (Å²) in [5.41, 5.74) is 1.05. The molecule has 1 aromatic rings. The van der Waals surface area contributed by atoms with Crippen molar-refractivity contribution in [3.8, 4) is 0 Å². The molecule has 0 aromatic heterocycles. The summed E-state index contributed by atoms with van der Waals surface area (Å²) in [6.45, 7) is 6.71. The Balaban J connectivity index is 2.62. The third-order valence-corrected chi connectivity index (χ3v) is 3.23. The Morgan fingerprint density at radius 1 is 1.19 bits per heavy atom. The van der Waals surface area contributed by atoms with Crippen LogP contribution in [0.4, 0.5) is 0 Å². The zero-order chi connectivity index (χ0) is 15.7. The van der Waals surface area contributed by atoms with Gasteiger partial charge in [-0.1, -0.05) is 63.3 Å². The van der Waals surface area contributed by atoms with Crippen LogP contribution in [-0.2, 0) is 20.9 Å². The molecule has 3 heteroatoms. The van der Waals surface area contributed by atoms with Gasteiger partial charge in [-0.3, -0.25) is 0 Å². The first-order chi connectivity index (χ1) is 10.0. The molecular weight excluding hydrogens is 264 g/mol. The van der Waals surface area contributed by atoms with E-state index in [0.29, 0.717) is 12.5 Å². The molecule has 0 heterocycles. The van der Waals surface area contributed by atoms with Crippen LogP contribution in [0.25, 0.3) is 0 Å². The summed E-state index contributed by atoms with van der Waals surface area (Å²) in [6.07, 6.45) is 4.57. The average molecular weight is 290 g/mol. The van der Waals surface area contributed by atoms with Gasteiger partial charge < -0.3 is 9.47 Å². The highest BCUT2D eigenvalue weighted by Gasteiger charge is 2.25. The predicted molar refractivity (Wildman–Crippen MR) is 84.8 cm³/mol. The lowest BCUT2D eigenvalue weighted by molar-refractivity contribution is -0.157. The van der Waals surface area contributed by atoms with Crippen LogP contribution < -0.4 is 0 Å². The molecule has 0 saturated carbocycles. The summed E-state index contributed by atoms with van der Waals surface area (Å²) in [6, 6.07) is 9.83. The SMILES string of the molecule is COC(=O)[C@H](OCc1ccccc1)[C@@H](C)/C=C/CC(C)C. The van der Waals surface area contributed by atoms with Gasteiger partial charge in [0.2, 0.25) is 0 Å². The minimum Gasteiger partial charge on any atom is -0.467 e. The van der Waals surface area contributed by atoms with Crippen molar-refractivity contribution in [2.75, 3.05) is 7.11 Å². The van der Waals surface area contributed by atoms with Crippen LogP contribution in [0.1, 0.15) is 32.8 Å². The smallest absolute Gasteiger partial charge is 0.335 e. The normalized spacial score (nSPS) is 14.3. The van der Waals surface area contributed by atoms with Gasteiger partial charge in [-0.2, -0.15) is 0 Å². The lowest BCUT2D eigenvalue weighted by atomic mass is 10.0. The van der Waals surface area contributed by atoms with E-state index in [1.54, 1.807) is 0 Å². The molecule has 21 heavy (non-hydrogen) atoms. The van der Waals surface area contributed by atoms with Crippen molar-refractivity contribution in [3.05, 3.63) is 48.0 Å². The van der Waals surface area contributed by atoms with Gasteiger partial charge >= 0.3 is 5.97 Å². The van der Waals surface area contributed by atoms with E-state index in [-0.39, 0.29) is 11.9 Å². The second-order valence-corrected chi connectivity index (χ2v) is 5.66. The first kappa shape index (κ1) is 17.4. The molecule has 0 aliphatic rings. The molecule has 1 rings (SSSR count). The van der Waals surface area contributed by atoms with Crippen molar-refractivity contribution >= 4 is 5.97 Å². The van der Waals surface area contributed by atoms with Crippen LogP contribution in [0, 0.1) is 11.8 Å². The highest BCUT2D eigenvalue weighted by Crippen LogP contribution is 2.15. The Morgan fingerprint density at radius 3 is 2.43 bits per heavy atom. The molecule has 1 aromatic carbocycles. The van der Waals surface area contributed by atoms with E-state index >= 15 is 0 Å². The minimum atomic E-state index is -0.571. The van der Waals surface area contributed by atoms with E-state index in [0.717, 1.165) is 12.0 Å². The number of hydrogen-bond donors (Lipinski definition) is 0. The lowest BCUT2D eigenvalue weighted by Gasteiger charge is -2.20. The van der Waals surface area contributed by atoms with Crippen molar-refractivity contribution in [1.82, 2.24) is 0 Å². The maximum Gasteiger partial charge on any atom is 0.335 e. The quantitative estimate of drug-likeness (QED) is 0.536. The van der Waals surface area contributed by atoms with Crippen molar-refractivity contribution in [3.63, 3.8) is 0 Å². The van der Waals surface area contributed by atoms with Crippen LogP contribution >= 0.6 is 0 Å². The molecule has 0 aliphatic heterocycles. The topological polar surface area (TPSA) is 35.5 Å². The molecule has 0 saturated heterocycles. The number of carbonyl (C=O) groups excluding carboxylic acids is 1. The third kappa shape index (κ3) is 6.58. The van der Waals surface area contributed by atoms with E-state index in [2.05, 4.69) is 19.9 Å². The second kappa shape index (κ2) is 9.35. The van der Waals surface area contributed by atoms with Crippen LogP contribution in [0.5, 0.6) is 0 Å². The van der Waals surface area contributed by atoms with Crippen molar-refractivity contribution in [1.29, 1.82) is 0 Å². The standard InChI is InChI=1S/C18H26O3/c1-14(2)9-8-10-15(3)17(18(19)20-4)21-13-16-11-6-5-7-12-16/h5-8,10-12,14-15,17H,9,13H2,1-4H3/b10-8+/t15-,17+/m0/s1. The van der Waals surface area contributed by atoms with Gasteiger partial charge in [0.25, 0.3) is 0 Å². The first-order valence-corrected chi connectivity index (χ1v) is 7.44. The fourth-order valence-electron chi connectivity index (χ4n) is 1.98. The molecule has 0 amide bonds. The van der Waals surface area contributed by atoms with Gasteiger partial charge in [0.1, 0.15) is 0 Å². The predicted octanol–water partition coefficient (Wildman–Crippen LogP) is 3.98. The Morgan fingerprint density at radius 2 is 1.86 bits per heavy atom. The van der Waals surface area contributed by atoms with E-state index in [1.807, 2.05) is 43.3 Å². The van der Waals surface area contributed by atoms with Crippen LogP contribution in [0.15, 0.2) is 42.5 Å². The lowest BCUT2D eigenvalue weighted by Crippen LogP contribution is -2.31. The third-order valence-electron chi connectivity index (χ3n) is 3.23. The van der Waals surface area contributed by atoms with E-state index in [4.69, 9.17) is 9.47 Å². The summed E-state index contributed by atoms with van der Waals surface area (Å²) in [5, 5.41) is 0. The van der Waals surface area contributed by atoms with Gasteiger partial charge in [0.15, 0.2) is 6.10 Å². The molecule has 3 nitrogen and oxygen atoms in total. The van der Waals surface area contributed by atoms with Crippen LogP contribution in [0.2, 0.25) is 0 Å². The molecule has 0 spiro atoms. The number of carbonyl (C=O) groups is 1. The molecule has 2 atom stereocenters. The Labute approximate surface area is 128 Å². The highest BCUT2D eigenvalue weighted by atomic mass is 16.6. The monoisotopic (exact) mass is 290 g/mol. The number of hydrogen-bond acceptors (Lipinski definition) is 3. The van der Waals surface area contributed by atoms with E-state index in [1.165, 1.54) is 7.11 Å². The van der Waals surface area contributed by atoms with Gasteiger partial charge in [0, 0.05) is 5.92 Å². The van der Waals surface area contributed by atoms with Crippen LogP contribution in [0.3, 0.4) is 0 Å². The van der Waals surface area contributed by atoms with Crippen molar-refractivity contribution < 1.29 is 14.3 Å². The number of allylic oxidation sites excluding steroid dienone is 1. The van der Waals surface area contributed by atoms with Crippen LogP contribution in [-0.4, -0.2) is 19.2 Å². The fourth-order valence-corrected chi connectivity index (χ4v) is 1.98. The molecule has 0 bridgehead atoms. The molecule has 0 N–H and O–H groups in total. The number of rotatable bonds is 8. The van der Waals surface area contributed by atoms with Gasteiger partial charge in [-0.15, -0.1) is 0 Å². The molecule has 0 fully saturated rings. The zero-order valence-electron chi connectivity index (χ0n) is 13.4. The van der Waals surface area contributed by atoms with Gasteiger partial charge in [-0.25, -0.2) is 4.79 Å². The van der Waals surface area contributed by atoms with Crippen molar-refractivity contribution in [2.45, 2.75) is 39.9 Å². The Hall–Kier alpha value is -1.61. The van der Waals surface area contributed by atoms with Gasteiger partial charge in [0.05, 0.1) is 13.7 Å². The van der Waals surface area contributed by atoms with Gasteiger partial charge in [-0.05, 0) is 17.9 Å². The molecular formula is C18H26O3. The number of esters is 1. The number of benzene rings is 1. The zero-order valence-corrected chi connectivity index (χ0v) is 13.4. The molecule has 0 radical (unpaired) electrons. The Bertz CT molecular complexity index is 437. The maximum atomic E-state index is 11.9. The number of methoxy groups -OCH3 is 1. The maximum absolute atomic E-state index is 11.9. The largest absolute Gasteiger partial charge is 0.467 e. The summed E-state index contributed by atoms with van der Waals surface area (Å²) in [7, 11) is 1.39. The Kier molecular flexibility index (Phi) is 7.76. The minimum absolute atomic E-state index is 0.0140. The van der Waals surface area contributed by atoms with E-state index in [9.17, 15) is 4.79 Å². The highest BCUT2D eigenvalue weighted by molar-refractivity contribution is 5.75. The summed E-state index contributed by atoms with van der Waals surface area (Å²) >= 11 is 0. The second-order valence-electron chi connectivity index (χ2n) is 5.66. The first-order valence-electron chi connectivity index (χ1n) is 7.44.